The molecule has 0 heterocycles. The minimum absolute atomic E-state index is 0.134. The van der Waals surface area contributed by atoms with Crippen LogP contribution in [0.1, 0.15) is 38.2 Å². The lowest BCUT2D eigenvalue weighted by Crippen LogP contribution is -2.40. The van der Waals surface area contributed by atoms with E-state index in [0.717, 1.165) is 31.2 Å². The van der Waals surface area contributed by atoms with Crippen LogP contribution < -0.4 is 15.4 Å². The van der Waals surface area contributed by atoms with E-state index in [-0.39, 0.29) is 18.2 Å². The number of urea groups is 1. The van der Waals surface area contributed by atoms with Crippen LogP contribution in [-0.4, -0.2) is 29.9 Å². The van der Waals surface area contributed by atoms with Crippen molar-refractivity contribution in [2.45, 2.75) is 51.7 Å². The zero-order chi connectivity index (χ0) is 15.2. The topological polar surface area (TPSA) is 70.6 Å². The fraction of sp³-hybridized carbons (Fsp3) is 0.562. The molecule has 0 aromatic heterocycles. The summed E-state index contributed by atoms with van der Waals surface area (Å²) in [6.07, 6.45) is 2.92. The first-order chi connectivity index (χ1) is 10.1. The van der Waals surface area contributed by atoms with Gasteiger partial charge in [-0.05, 0) is 57.2 Å². The number of rotatable bonds is 4. The van der Waals surface area contributed by atoms with Gasteiger partial charge in [-0.3, -0.25) is 0 Å². The molecule has 1 aliphatic carbocycles. The van der Waals surface area contributed by atoms with Crippen molar-refractivity contribution in [3.8, 4) is 5.75 Å². The highest BCUT2D eigenvalue weighted by atomic mass is 16.5. The molecule has 3 N–H and O–H groups in total. The van der Waals surface area contributed by atoms with E-state index >= 15 is 0 Å². The molecule has 0 saturated heterocycles. The van der Waals surface area contributed by atoms with E-state index < -0.39 is 0 Å². The number of nitrogens with one attached hydrogen (secondary N) is 2. The average Bonchev–Trinajstić information content (AvgIpc) is 2.45. The third kappa shape index (κ3) is 4.63. The van der Waals surface area contributed by atoms with Crippen LogP contribution >= 0.6 is 0 Å². The van der Waals surface area contributed by atoms with Crippen LogP contribution in [-0.2, 0) is 0 Å². The predicted octanol–water partition coefficient (Wildman–Crippen LogP) is 2.82. The molecule has 1 aromatic rings. The Labute approximate surface area is 125 Å². The molecular formula is C16H24N2O3. The standard InChI is InChI=1S/C16H24N2O3/c1-3-21-15-10-11(2)4-9-14(15)18-16(20)17-12-5-7-13(19)8-6-12/h4,9-10,12-13,19H,3,5-8H2,1-2H3,(H2,17,18,20). The van der Waals surface area contributed by atoms with E-state index in [4.69, 9.17) is 4.74 Å². The van der Waals surface area contributed by atoms with Gasteiger partial charge in [0.1, 0.15) is 5.75 Å². The fourth-order valence-electron chi connectivity index (χ4n) is 2.57. The number of benzene rings is 1. The first-order valence-corrected chi connectivity index (χ1v) is 7.57. The molecule has 0 radical (unpaired) electrons. The summed E-state index contributed by atoms with van der Waals surface area (Å²) in [7, 11) is 0. The lowest BCUT2D eigenvalue weighted by Gasteiger charge is -2.26. The van der Waals surface area contributed by atoms with E-state index in [1.165, 1.54) is 0 Å². The third-order valence-electron chi connectivity index (χ3n) is 3.72. The Bertz CT molecular complexity index is 482. The molecule has 2 rings (SSSR count). The van der Waals surface area contributed by atoms with Gasteiger partial charge in [-0.15, -0.1) is 0 Å². The van der Waals surface area contributed by atoms with Crippen LogP contribution in [0.5, 0.6) is 5.75 Å². The SMILES string of the molecule is CCOc1cc(C)ccc1NC(=O)NC1CCC(O)CC1. The number of hydrogen-bond donors (Lipinski definition) is 3. The minimum Gasteiger partial charge on any atom is -0.492 e. The smallest absolute Gasteiger partial charge is 0.319 e. The number of hydrogen-bond acceptors (Lipinski definition) is 3. The molecule has 0 spiro atoms. The first-order valence-electron chi connectivity index (χ1n) is 7.57. The van der Waals surface area contributed by atoms with Crippen LogP contribution in [0.4, 0.5) is 10.5 Å². The Kier molecular flexibility index (Phi) is 5.44. The van der Waals surface area contributed by atoms with Gasteiger partial charge in [-0.1, -0.05) is 6.07 Å². The Hall–Kier alpha value is -1.75. The van der Waals surface area contributed by atoms with E-state index in [2.05, 4.69) is 10.6 Å². The van der Waals surface area contributed by atoms with Gasteiger partial charge < -0.3 is 20.5 Å². The lowest BCUT2D eigenvalue weighted by atomic mass is 9.93. The maximum atomic E-state index is 12.1. The van der Waals surface area contributed by atoms with Gasteiger partial charge in [-0.2, -0.15) is 0 Å². The quantitative estimate of drug-likeness (QED) is 0.799. The number of carbonyl (C=O) groups excluding carboxylic acids is 1. The number of aryl methyl sites for hydroxylation is 1. The van der Waals surface area contributed by atoms with Crippen LogP contribution in [0.2, 0.25) is 0 Å². The van der Waals surface area contributed by atoms with Crippen LogP contribution in [0, 0.1) is 6.92 Å². The second kappa shape index (κ2) is 7.31. The van der Waals surface area contributed by atoms with Crippen LogP contribution in [0.3, 0.4) is 0 Å². The number of amides is 2. The molecule has 0 atom stereocenters. The summed E-state index contributed by atoms with van der Waals surface area (Å²) in [5, 5.41) is 15.3. The number of ether oxygens (including phenoxy) is 1. The van der Waals surface area contributed by atoms with Crippen molar-refractivity contribution in [3.05, 3.63) is 23.8 Å². The summed E-state index contributed by atoms with van der Waals surface area (Å²) < 4.78 is 5.55. The number of aliphatic hydroxyl groups excluding tert-OH is 1. The molecule has 5 nitrogen and oxygen atoms in total. The predicted molar refractivity (Wildman–Crippen MR) is 82.8 cm³/mol. The third-order valence-corrected chi connectivity index (χ3v) is 3.72. The largest absolute Gasteiger partial charge is 0.492 e. The highest BCUT2D eigenvalue weighted by Crippen LogP contribution is 2.26. The molecule has 0 aliphatic heterocycles. The van der Waals surface area contributed by atoms with Crippen molar-refractivity contribution in [2.24, 2.45) is 0 Å². The van der Waals surface area contributed by atoms with Crippen LogP contribution in [0.15, 0.2) is 18.2 Å². The molecule has 1 aliphatic rings. The Morgan fingerprint density at radius 3 is 2.71 bits per heavy atom. The summed E-state index contributed by atoms with van der Waals surface area (Å²) >= 11 is 0. The molecule has 116 valence electrons. The normalized spacial score (nSPS) is 21.7. The summed E-state index contributed by atoms with van der Waals surface area (Å²) in [4.78, 5) is 12.1. The maximum Gasteiger partial charge on any atom is 0.319 e. The maximum absolute atomic E-state index is 12.1. The minimum atomic E-state index is -0.221. The summed E-state index contributed by atoms with van der Waals surface area (Å²) in [5.41, 5.74) is 1.77. The van der Waals surface area contributed by atoms with E-state index in [9.17, 15) is 9.90 Å². The molecular weight excluding hydrogens is 268 g/mol. The molecule has 2 amide bonds. The van der Waals surface area contributed by atoms with Crippen molar-refractivity contribution in [1.82, 2.24) is 5.32 Å². The van der Waals surface area contributed by atoms with E-state index in [1.807, 2.05) is 32.0 Å². The molecule has 0 bridgehead atoms. The van der Waals surface area contributed by atoms with Crippen molar-refractivity contribution in [3.63, 3.8) is 0 Å². The Balaban J connectivity index is 1.93. The molecule has 1 fully saturated rings. The van der Waals surface area contributed by atoms with Crippen molar-refractivity contribution >= 4 is 11.7 Å². The summed E-state index contributed by atoms with van der Waals surface area (Å²) in [6.45, 7) is 4.46. The van der Waals surface area contributed by atoms with Gasteiger partial charge in [0.05, 0.1) is 18.4 Å². The Morgan fingerprint density at radius 2 is 2.05 bits per heavy atom. The lowest BCUT2D eigenvalue weighted by molar-refractivity contribution is 0.118. The van der Waals surface area contributed by atoms with Crippen LogP contribution in [0.25, 0.3) is 0 Å². The van der Waals surface area contributed by atoms with Gasteiger partial charge in [-0.25, -0.2) is 4.79 Å². The van der Waals surface area contributed by atoms with Crippen molar-refractivity contribution in [1.29, 1.82) is 0 Å². The molecule has 0 unspecified atom stereocenters. The van der Waals surface area contributed by atoms with E-state index in [0.29, 0.717) is 18.0 Å². The highest BCUT2D eigenvalue weighted by molar-refractivity contribution is 5.91. The Morgan fingerprint density at radius 1 is 1.33 bits per heavy atom. The molecule has 1 aromatic carbocycles. The zero-order valence-electron chi connectivity index (χ0n) is 12.7. The second-order valence-corrected chi connectivity index (χ2v) is 5.54. The summed E-state index contributed by atoms with van der Waals surface area (Å²) in [5.74, 6) is 0.687. The van der Waals surface area contributed by atoms with Gasteiger partial charge in [0, 0.05) is 6.04 Å². The van der Waals surface area contributed by atoms with Gasteiger partial charge in [0.15, 0.2) is 0 Å². The first kappa shape index (κ1) is 15.6. The average molecular weight is 292 g/mol. The molecule has 1 saturated carbocycles. The molecule has 21 heavy (non-hydrogen) atoms. The summed E-state index contributed by atoms with van der Waals surface area (Å²) in [6, 6.07) is 5.62. The fourth-order valence-corrected chi connectivity index (χ4v) is 2.57. The number of aliphatic hydroxyl groups is 1. The van der Waals surface area contributed by atoms with E-state index in [1.54, 1.807) is 0 Å². The van der Waals surface area contributed by atoms with Crippen molar-refractivity contribution < 1.29 is 14.6 Å². The van der Waals surface area contributed by atoms with Gasteiger partial charge in [0.25, 0.3) is 0 Å². The molecule has 5 heteroatoms. The number of anilines is 1. The van der Waals surface area contributed by atoms with Gasteiger partial charge in [0.2, 0.25) is 0 Å². The number of carbonyl (C=O) groups is 1. The highest BCUT2D eigenvalue weighted by Gasteiger charge is 2.21. The second-order valence-electron chi connectivity index (χ2n) is 5.54. The van der Waals surface area contributed by atoms with Crippen molar-refractivity contribution in [2.75, 3.05) is 11.9 Å². The monoisotopic (exact) mass is 292 g/mol. The van der Waals surface area contributed by atoms with Gasteiger partial charge >= 0.3 is 6.03 Å². The zero-order valence-corrected chi connectivity index (χ0v) is 12.7.